The van der Waals surface area contributed by atoms with Crippen molar-refractivity contribution in [3.63, 3.8) is 0 Å². The van der Waals surface area contributed by atoms with Gasteiger partial charge in [0.2, 0.25) is 0 Å². The SMILES string of the molecule is CCOc1cc(C(=O)N[C@H](CO)c2c(F)cccc2F)ccc1C1CNNC1. The minimum absolute atomic E-state index is 0.205. The maximum Gasteiger partial charge on any atom is 0.251 e. The van der Waals surface area contributed by atoms with E-state index in [2.05, 4.69) is 16.2 Å². The maximum atomic E-state index is 14.0. The van der Waals surface area contributed by atoms with Gasteiger partial charge in [-0.15, -0.1) is 0 Å². The van der Waals surface area contributed by atoms with E-state index in [9.17, 15) is 18.7 Å². The van der Waals surface area contributed by atoms with Gasteiger partial charge in [0.1, 0.15) is 17.4 Å². The average molecular weight is 391 g/mol. The van der Waals surface area contributed by atoms with E-state index in [1.807, 2.05) is 13.0 Å². The lowest BCUT2D eigenvalue weighted by molar-refractivity contribution is 0.0913. The third-order valence-corrected chi connectivity index (χ3v) is 4.67. The molecule has 2 aromatic carbocycles. The summed E-state index contributed by atoms with van der Waals surface area (Å²) in [6.45, 7) is 3.13. The number of hydrogen-bond acceptors (Lipinski definition) is 5. The van der Waals surface area contributed by atoms with Crippen LogP contribution in [0.3, 0.4) is 0 Å². The maximum absolute atomic E-state index is 14.0. The van der Waals surface area contributed by atoms with Gasteiger partial charge in [0.25, 0.3) is 5.91 Å². The molecule has 3 rings (SSSR count). The Kier molecular flexibility index (Phi) is 6.56. The van der Waals surface area contributed by atoms with Crippen molar-refractivity contribution in [2.75, 3.05) is 26.3 Å². The van der Waals surface area contributed by atoms with Crippen LogP contribution in [0, 0.1) is 11.6 Å². The molecule has 1 aliphatic heterocycles. The van der Waals surface area contributed by atoms with Crippen LogP contribution in [-0.4, -0.2) is 37.3 Å². The van der Waals surface area contributed by atoms with Crippen LogP contribution in [0.4, 0.5) is 8.78 Å². The monoisotopic (exact) mass is 391 g/mol. The zero-order valence-corrected chi connectivity index (χ0v) is 15.5. The van der Waals surface area contributed by atoms with Crippen molar-refractivity contribution < 1.29 is 23.4 Å². The van der Waals surface area contributed by atoms with Crippen LogP contribution >= 0.6 is 0 Å². The summed E-state index contributed by atoms with van der Waals surface area (Å²) >= 11 is 0. The molecule has 0 bridgehead atoms. The Labute approximate surface area is 161 Å². The summed E-state index contributed by atoms with van der Waals surface area (Å²) in [6, 6.07) is 7.25. The third-order valence-electron chi connectivity index (χ3n) is 4.67. The number of aliphatic hydroxyl groups is 1. The fourth-order valence-corrected chi connectivity index (χ4v) is 3.27. The Morgan fingerprint density at radius 1 is 1.25 bits per heavy atom. The highest BCUT2D eigenvalue weighted by atomic mass is 19.1. The highest BCUT2D eigenvalue weighted by Crippen LogP contribution is 2.29. The summed E-state index contributed by atoms with van der Waals surface area (Å²) in [7, 11) is 0. The van der Waals surface area contributed by atoms with E-state index in [0.717, 1.165) is 30.8 Å². The molecule has 0 unspecified atom stereocenters. The molecular weight excluding hydrogens is 368 g/mol. The Hall–Kier alpha value is -2.55. The van der Waals surface area contributed by atoms with Crippen molar-refractivity contribution in [1.29, 1.82) is 0 Å². The van der Waals surface area contributed by atoms with Crippen molar-refractivity contribution in [2.45, 2.75) is 18.9 Å². The zero-order chi connectivity index (χ0) is 20.1. The summed E-state index contributed by atoms with van der Waals surface area (Å²) < 4.78 is 33.7. The summed E-state index contributed by atoms with van der Waals surface area (Å²) in [5, 5.41) is 12.1. The molecule has 0 radical (unpaired) electrons. The van der Waals surface area contributed by atoms with E-state index in [1.165, 1.54) is 6.07 Å². The van der Waals surface area contributed by atoms with Gasteiger partial charge in [-0.05, 0) is 36.8 Å². The first kappa shape index (κ1) is 20.2. The first-order valence-electron chi connectivity index (χ1n) is 9.13. The van der Waals surface area contributed by atoms with E-state index in [1.54, 1.807) is 12.1 Å². The number of rotatable bonds is 7. The van der Waals surface area contributed by atoms with Gasteiger partial charge in [0.15, 0.2) is 0 Å². The first-order valence-corrected chi connectivity index (χ1v) is 9.13. The number of amides is 1. The molecule has 1 atom stereocenters. The minimum atomic E-state index is -1.20. The Morgan fingerprint density at radius 2 is 1.93 bits per heavy atom. The van der Waals surface area contributed by atoms with E-state index < -0.39 is 30.2 Å². The second-order valence-electron chi connectivity index (χ2n) is 6.49. The molecule has 1 aliphatic rings. The summed E-state index contributed by atoms with van der Waals surface area (Å²) in [5.41, 5.74) is 6.99. The second kappa shape index (κ2) is 9.09. The van der Waals surface area contributed by atoms with Gasteiger partial charge in [0, 0.05) is 30.1 Å². The molecule has 0 aromatic heterocycles. The van der Waals surface area contributed by atoms with E-state index in [-0.39, 0.29) is 17.0 Å². The molecule has 1 saturated heterocycles. The van der Waals surface area contributed by atoms with Crippen LogP contribution in [0.5, 0.6) is 5.75 Å². The molecular formula is C20H23F2N3O3. The molecule has 28 heavy (non-hydrogen) atoms. The molecule has 6 nitrogen and oxygen atoms in total. The highest BCUT2D eigenvalue weighted by Gasteiger charge is 2.24. The fourth-order valence-electron chi connectivity index (χ4n) is 3.27. The number of halogens is 2. The molecule has 4 N–H and O–H groups in total. The zero-order valence-electron chi connectivity index (χ0n) is 15.5. The highest BCUT2D eigenvalue weighted by molar-refractivity contribution is 5.95. The van der Waals surface area contributed by atoms with Gasteiger partial charge in [-0.2, -0.15) is 0 Å². The van der Waals surface area contributed by atoms with Crippen molar-refractivity contribution in [2.24, 2.45) is 0 Å². The number of aliphatic hydroxyl groups excluding tert-OH is 1. The van der Waals surface area contributed by atoms with Crippen LogP contribution in [0.25, 0.3) is 0 Å². The van der Waals surface area contributed by atoms with Gasteiger partial charge in [0.05, 0.1) is 19.3 Å². The number of benzene rings is 2. The lowest BCUT2D eigenvalue weighted by Gasteiger charge is -2.19. The Balaban J connectivity index is 1.84. The van der Waals surface area contributed by atoms with Gasteiger partial charge in [-0.3, -0.25) is 15.6 Å². The van der Waals surface area contributed by atoms with Crippen LogP contribution in [0.15, 0.2) is 36.4 Å². The van der Waals surface area contributed by atoms with Crippen LogP contribution in [-0.2, 0) is 0 Å². The van der Waals surface area contributed by atoms with Crippen molar-refractivity contribution in [3.05, 3.63) is 64.7 Å². The van der Waals surface area contributed by atoms with Crippen LogP contribution in [0.1, 0.15) is 40.4 Å². The van der Waals surface area contributed by atoms with Crippen LogP contribution < -0.4 is 20.9 Å². The molecule has 0 spiro atoms. The molecule has 0 aliphatic carbocycles. The van der Waals surface area contributed by atoms with Crippen molar-refractivity contribution in [3.8, 4) is 5.75 Å². The molecule has 1 amide bonds. The van der Waals surface area contributed by atoms with E-state index in [4.69, 9.17) is 4.74 Å². The number of ether oxygens (including phenoxy) is 1. The normalized spacial score (nSPS) is 15.4. The third kappa shape index (κ3) is 4.30. The first-order chi connectivity index (χ1) is 13.5. The Bertz CT molecular complexity index is 821. The molecule has 2 aromatic rings. The standard InChI is InChI=1S/C20H23F2N3O3/c1-2-28-18-8-12(6-7-14(18)13-9-23-24-10-13)20(27)25-17(11-26)19-15(21)4-3-5-16(19)22/h3-8,13,17,23-24,26H,2,9-11H2,1H3,(H,25,27)/t17-/m1/s1. The number of nitrogens with one attached hydrogen (secondary N) is 3. The predicted molar refractivity (Wildman–Crippen MR) is 100 cm³/mol. The molecule has 1 heterocycles. The number of hydrogen-bond donors (Lipinski definition) is 4. The van der Waals surface area contributed by atoms with Gasteiger partial charge < -0.3 is 15.2 Å². The number of hydrazine groups is 1. The van der Waals surface area contributed by atoms with Gasteiger partial charge >= 0.3 is 0 Å². The largest absolute Gasteiger partial charge is 0.494 e. The van der Waals surface area contributed by atoms with Gasteiger partial charge in [-0.25, -0.2) is 8.78 Å². The van der Waals surface area contributed by atoms with E-state index in [0.29, 0.717) is 12.4 Å². The molecule has 0 saturated carbocycles. The second-order valence-corrected chi connectivity index (χ2v) is 6.49. The molecule has 150 valence electrons. The van der Waals surface area contributed by atoms with Crippen molar-refractivity contribution in [1.82, 2.24) is 16.2 Å². The summed E-state index contributed by atoms with van der Waals surface area (Å²) in [4.78, 5) is 12.7. The van der Waals surface area contributed by atoms with Crippen molar-refractivity contribution >= 4 is 5.91 Å². The average Bonchev–Trinajstić information content (AvgIpc) is 3.21. The van der Waals surface area contributed by atoms with Gasteiger partial charge in [-0.1, -0.05) is 12.1 Å². The molecule has 1 fully saturated rings. The van der Waals surface area contributed by atoms with E-state index >= 15 is 0 Å². The smallest absolute Gasteiger partial charge is 0.251 e. The Morgan fingerprint density at radius 3 is 2.54 bits per heavy atom. The summed E-state index contributed by atoms with van der Waals surface area (Å²) in [5.74, 6) is -1.42. The quantitative estimate of drug-likeness (QED) is 0.581. The van der Waals surface area contributed by atoms with Crippen LogP contribution in [0.2, 0.25) is 0 Å². The minimum Gasteiger partial charge on any atom is -0.494 e. The lowest BCUT2D eigenvalue weighted by atomic mass is 9.97. The number of carbonyl (C=O) groups is 1. The lowest BCUT2D eigenvalue weighted by Crippen LogP contribution is -2.32. The fraction of sp³-hybridized carbons (Fsp3) is 0.350. The molecule has 8 heteroatoms. The summed E-state index contributed by atoms with van der Waals surface area (Å²) in [6.07, 6.45) is 0. The topological polar surface area (TPSA) is 82.6 Å². The number of carbonyl (C=O) groups excluding carboxylic acids is 1. The predicted octanol–water partition coefficient (Wildman–Crippen LogP) is 2.02.